The van der Waals surface area contributed by atoms with E-state index in [1.54, 1.807) is 6.07 Å². The number of carbonyl (C=O) groups is 2. The summed E-state index contributed by atoms with van der Waals surface area (Å²) < 4.78 is 17.0. The van der Waals surface area contributed by atoms with Gasteiger partial charge in [0.15, 0.2) is 17.3 Å². The molecule has 8 heteroatoms. The van der Waals surface area contributed by atoms with Crippen LogP contribution in [-0.4, -0.2) is 31.2 Å². The summed E-state index contributed by atoms with van der Waals surface area (Å²) in [5, 5.41) is 9.08. The van der Waals surface area contributed by atoms with Gasteiger partial charge in [-0.05, 0) is 61.0 Å². The predicted molar refractivity (Wildman–Crippen MR) is 145 cm³/mol. The highest BCUT2D eigenvalue weighted by atomic mass is 16.7. The highest BCUT2D eigenvalue weighted by Crippen LogP contribution is 2.36. The van der Waals surface area contributed by atoms with Crippen molar-refractivity contribution in [3.63, 3.8) is 0 Å². The quantitative estimate of drug-likeness (QED) is 0.270. The van der Waals surface area contributed by atoms with Gasteiger partial charge in [0, 0.05) is 29.8 Å². The number of benzene rings is 3. The second-order valence-electron chi connectivity index (χ2n) is 9.09. The summed E-state index contributed by atoms with van der Waals surface area (Å²) in [6.07, 6.45) is 0.507. The van der Waals surface area contributed by atoms with Crippen molar-refractivity contribution in [2.24, 2.45) is 0 Å². The first-order valence-corrected chi connectivity index (χ1v) is 12.5. The molecule has 4 aromatic rings. The summed E-state index contributed by atoms with van der Waals surface area (Å²) in [7, 11) is 0. The third kappa shape index (κ3) is 6.22. The lowest BCUT2D eigenvalue weighted by Gasteiger charge is -2.25. The van der Waals surface area contributed by atoms with Gasteiger partial charge in [-0.1, -0.05) is 42.5 Å². The SMILES string of the molecule is CC(NCC(=O)Nc1ccccc1)C(Cc1ccc(C(=O)Nc2ccccc2)o1)c1ccc2c(c1)OCO2. The minimum absolute atomic E-state index is 0.0785. The molecule has 1 aliphatic heterocycles. The lowest BCUT2D eigenvalue weighted by atomic mass is 9.88. The van der Waals surface area contributed by atoms with E-state index in [-0.39, 0.29) is 42.9 Å². The fraction of sp³-hybridized carbons (Fsp3) is 0.200. The van der Waals surface area contributed by atoms with Crippen molar-refractivity contribution < 1.29 is 23.5 Å². The number of anilines is 2. The molecule has 3 aromatic carbocycles. The van der Waals surface area contributed by atoms with E-state index in [2.05, 4.69) is 16.0 Å². The van der Waals surface area contributed by atoms with Gasteiger partial charge in [-0.3, -0.25) is 9.59 Å². The smallest absolute Gasteiger partial charge is 0.291 e. The van der Waals surface area contributed by atoms with Crippen molar-refractivity contribution in [2.75, 3.05) is 24.0 Å². The van der Waals surface area contributed by atoms with Crippen molar-refractivity contribution in [3.8, 4) is 11.5 Å². The molecule has 5 rings (SSSR count). The molecule has 0 spiro atoms. The van der Waals surface area contributed by atoms with Crippen LogP contribution >= 0.6 is 0 Å². The van der Waals surface area contributed by atoms with Crippen LogP contribution in [0.15, 0.2) is 95.4 Å². The molecule has 2 unspecified atom stereocenters. The topological polar surface area (TPSA) is 102 Å². The molecule has 0 fully saturated rings. The fourth-order valence-electron chi connectivity index (χ4n) is 4.39. The van der Waals surface area contributed by atoms with Crippen molar-refractivity contribution in [1.82, 2.24) is 5.32 Å². The Morgan fingerprint density at radius 2 is 1.50 bits per heavy atom. The number of para-hydroxylation sites is 2. The molecule has 0 radical (unpaired) electrons. The van der Waals surface area contributed by atoms with Crippen molar-refractivity contribution in [3.05, 3.63) is 108 Å². The lowest BCUT2D eigenvalue weighted by Crippen LogP contribution is -2.38. The maximum atomic E-state index is 12.7. The summed E-state index contributed by atoms with van der Waals surface area (Å²) in [4.78, 5) is 25.2. The van der Waals surface area contributed by atoms with Gasteiger partial charge in [0.1, 0.15) is 5.76 Å². The van der Waals surface area contributed by atoms with E-state index in [1.165, 1.54) is 0 Å². The summed E-state index contributed by atoms with van der Waals surface area (Å²) in [6, 6.07) is 27.8. The Balaban J connectivity index is 1.29. The van der Waals surface area contributed by atoms with Gasteiger partial charge in [-0.25, -0.2) is 0 Å². The molecule has 2 atom stereocenters. The zero-order valence-corrected chi connectivity index (χ0v) is 21.0. The molecule has 38 heavy (non-hydrogen) atoms. The summed E-state index contributed by atoms with van der Waals surface area (Å²) >= 11 is 0. The van der Waals surface area contributed by atoms with Crippen LogP contribution in [0.1, 0.15) is 34.7 Å². The molecule has 1 aliphatic rings. The van der Waals surface area contributed by atoms with Gasteiger partial charge in [-0.15, -0.1) is 0 Å². The Morgan fingerprint density at radius 3 is 2.24 bits per heavy atom. The molecule has 0 bridgehead atoms. The van der Waals surface area contributed by atoms with Crippen LogP contribution < -0.4 is 25.4 Å². The number of hydrogen-bond acceptors (Lipinski definition) is 6. The average Bonchev–Trinajstić information content (AvgIpc) is 3.61. The van der Waals surface area contributed by atoms with Crippen LogP contribution in [0.4, 0.5) is 11.4 Å². The van der Waals surface area contributed by atoms with Crippen LogP contribution in [0.3, 0.4) is 0 Å². The number of fused-ring (bicyclic) bond motifs is 1. The first-order chi connectivity index (χ1) is 18.5. The maximum absolute atomic E-state index is 12.7. The second kappa shape index (κ2) is 11.7. The third-order valence-electron chi connectivity index (χ3n) is 6.41. The third-order valence-corrected chi connectivity index (χ3v) is 6.41. The van der Waals surface area contributed by atoms with E-state index < -0.39 is 0 Å². The standard InChI is InChI=1S/C30H29N3O5/c1-20(31-18-29(34)32-22-8-4-2-5-9-22)25(21-12-14-26-28(16-21)37-19-36-26)17-24-13-15-27(38-24)30(35)33-23-10-6-3-7-11-23/h2-16,20,25,31H,17-19H2,1H3,(H,32,34)(H,33,35). The predicted octanol–water partition coefficient (Wildman–Crippen LogP) is 5.20. The monoisotopic (exact) mass is 511 g/mol. The first-order valence-electron chi connectivity index (χ1n) is 12.5. The van der Waals surface area contributed by atoms with Gasteiger partial charge >= 0.3 is 0 Å². The van der Waals surface area contributed by atoms with Crippen LogP contribution in [0.5, 0.6) is 11.5 Å². The Kier molecular flexibility index (Phi) is 7.70. The molecule has 0 saturated carbocycles. The van der Waals surface area contributed by atoms with Crippen LogP contribution in [-0.2, 0) is 11.2 Å². The second-order valence-corrected chi connectivity index (χ2v) is 9.09. The molecule has 0 saturated heterocycles. The minimum atomic E-state index is -0.314. The van der Waals surface area contributed by atoms with Gasteiger partial charge < -0.3 is 29.8 Å². The van der Waals surface area contributed by atoms with Crippen LogP contribution in [0.2, 0.25) is 0 Å². The van der Waals surface area contributed by atoms with Crippen LogP contribution in [0, 0.1) is 0 Å². The molecule has 0 aliphatic carbocycles. The number of rotatable bonds is 10. The summed E-state index contributed by atoms with van der Waals surface area (Å²) in [5.41, 5.74) is 2.45. The Morgan fingerprint density at radius 1 is 0.816 bits per heavy atom. The molecule has 3 N–H and O–H groups in total. The Hall–Kier alpha value is -4.56. The first kappa shape index (κ1) is 25.1. The summed E-state index contributed by atoms with van der Waals surface area (Å²) in [6.45, 7) is 2.35. The largest absolute Gasteiger partial charge is 0.456 e. The van der Waals surface area contributed by atoms with E-state index in [0.29, 0.717) is 29.4 Å². The zero-order valence-electron chi connectivity index (χ0n) is 21.0. The highest BCUT2D eigenvalue weighted by Gasteiger charge is 2.25. The molecule has 194 valence electrons. The molecular formula is C30H29N3O5. The van der Waals surface area contributed by atoms with Gasteiger partial charge in [-0.2, -0.15) is 0 Å². The van der Waals surface area contributed by atoms with Crippen molar-refractivity contribution in [2.45, 2.75) is 25.3 Å². The number of furan rings is 1. The molecule has 2 amide bonds. The number of carbonyl (C=O) groups excluding carboxylic acids is 2. The van der Waals surface area contributed by atoms with E-state index in [4.69, 9.17) is 13.9 Å². The zero-order chi connectivity index (χ0) is 26.3. The fourth-order valence-corrected chi connectivity index (χ4v) is 4.39. The number of ether oxygens (including phenoxy) is 2. The average molecular weight is 512 g/mol. The summed E-state index contributed by atoms with van der Waals surface area (Å²) in [5.74, 6) is 1.75. The number of amides is 2. The van der Waals surface area contributed by atoms with E-state index in [1.807, 2.05) is 91.9 Å². The van der Waals surface area contributed by atoms with Crippen molar-refractivity contribution >= 4 is 23.2 Å². The van der Waals surface area contributed by atoms with E-state index in [0.717, 1.165) is 11.3 Å². The van der Waals surface area contributed by atoms with Crippen molar-refractivity contribution in [1.29, 1.82) is 0 Å². The molecule has 1 aromatic heterocycles. The minimum Gasteiger partial charge on any atom is -0.456 e. The van der Waals surface area contributed by atoms with Gasteiger partial charge in [0.05, 0.1) is 6.54 Å². The van der Waals surface area contributed by atoms with Crippen LogP contribution in [0.25, 0.3) is 0 Å². The molecular weight excluding hydrogens is 482 g/mol. The number of nitrogens with one attached hydrogen (secondary N) is 3. The molecule has 2 heterocycles. The molecule has 8 nitrogen and oxygen atoms in total. The Bertz CT molecular complexity index is 1390. The Labute approximate surface area is 221 Å². The normalized spacial score (nSPS) is 13.5. The highest BCUT2D eigenvalue weighted by molar-refractivity contribution is 6.02. The maximum Gasteiger partial charge on any atom is 0.291 e. The number of hydrogen-bond donors (Lipinski definition) is 3. The lowest BCUT2D eigenvalue weighted by molar-refractivity contribution is -0.115. The van der Waals surface area contributed by atoms with E-state index in [9.17, 15) is 9.59 Å². The van der Waals surface area contributed by atoms with E-state index >= 15 is 0 Å². The van der Waals surface area contributed by atoms with Gasteiger partial charge in [0.2, 0.25) is 12.7 Å². The van der Waals surface area contributed by atoms with Gasteiger partial charge in [0.25, 0.3) is 5.91 Å².